The molecule has 0 saturated heterocycles. The van der Waals surface area contributed by atoms with E-state index in [4.69, 9.17) is 17.3 Å². The summed E-state index contributed by atoms with van der Waals surface area (Å²) in [5, 5.41) is 0.205. The fourth-order valence-electron chi connectivity index (χ4n) is 2.41. The minimum absolute atomic E-state index is 0.104. The summed E-state index contributed by atoms with van der Waals surface area (Å²) in [6, 6.07) is 4.79. The number of sulfonamides is 1. The van der Waals surface area contributed by atoms with Gasteiger partial charge in [0.25, 0.3) is 0 Å². The van der Waals surface area contributed by atoms with Gasteiger partial charge in [-0.2, -0.15) is 0 Å². The Morgan fingerprint density at radius 2 is 1.76 bits per heavy atom. The molecule has 1 rings (SSSR count). The SMILES string of the molecule is CC(C)C(CNS(=O)(=O)c1ccc(CN)cc1Cl)C(C)C. The maximum atomic E-state index is 12.4. The molecule has 0 heterocycles. The number of halogens is 1. The molecule has 120 valence electrons. The lowest BCUT2D eigenvalue weighted by Gasteiger charge is -2.25. The maximum Gasteiger partial charge on any atom is 0.242 e. The Labute approximate surface area is 133 Å². The summed E-state index contributed by atoms with van der Waals surface area (Å²) < 4.78 is 27.4. The Morgan fingerprint density at radius 1 is 1.19 bits per heavy atom. The normalized spacial score (nSPS) is 12.6. The fourth-order valence-corrected chi connectivity index (χ4v) is 4.05. The predicted octanol–water partition coefficient (Wildman–Crippen LogP) is 3.01. The van der Waals surface area contributed by atoms with Crippen LogP contribution in [-0.2, 0) is 16.6 Å². The molecule has 0 radical (unpaired) electrons. The molecule has 0 amide bonds. The molecule has 0 aromatic heterocycles. The zero-order chi connectivity index (χ0) is 16.2. The topological polar surface area (TPSA) is 72.2 Å². The van der Waals surface area contributed by atoms with Crippen molar-refractivity contribution in [3.8, 4) is 0 Å². The molecule has 4 nitrogen and oxygen atoms in total. The summed E-state index contributed by atoms with van der Waals surface area (Å²) in [5.41, 5.74) is 6.33. The second-order valence-corrected chi connectivity index (χ2v) is 8.12. The number of benzene rings is 1. The van der Waals surface area contributed by atoms with Gasteiger partial charge in [-0.25, -0.2) is 13.1 Å². The highest BCUT2D eigenvalue weighted by molar-refractivity contribution is 7.89. The molecular weight excluding hydrogens is 308 g/mol. The van der Waals surface area contributed by atoms with Crippen molar-refractivity contribution < 1.29 is 8.42 Å². The highest BCUT2D eigenvalue weighted by Gasteiger charge is 2.23. The van der Waals surface area contributed by atoms with Crippen molar-refractivity contribution in [2.75, 3.05) is 6.54 Å². The van der Waals surface area contributed by atoms with Crippen molar-refractivity contribution in [2.45, 2.75) is 39.1 Å². The minimum atomic E-state index is -3.60. The van der Waals surface area contributed by atoms with Gasteiger partial charge in [0, 0.05) is 13.1 Å². The van der Waals surface area contributed by atoms with Crippen LogP contribution in [0.25, 0.3) is 0 Å². The number of nitrogens with two attached hydrogens (primary N) is 1. The van der Waals surface area contributed by atoms with Crippen molar-refractivity contribution in [2.24, 2.45) is 23.5 Å². The summed E-state index contributed by atoms with van der Waals surface area (Å²) in [6.07, 6.45) is 0. The number of rotatable bonds is 7. The molecule has 6 heteroatoms. The summed E-state index contributed by atoms with van der Waals surface area (Å²) >= 11 is 6.06. The second-order valence-electron chi connectivity index (χ2n) is 5.97. The Balaban J connectivity index is 2.92. The molecule has 0 bridgehead atoms. The Bertz CT molecular complexity index is 563. The van der Waals surface area contributed by atoms with E-state index < -0.39 is 10.0 Å². The molecule has 0 unspecified atom stereocenters. The van der Waals surface area contributed by atoms with Crippen LogP contribution in [0.4, 0.5) is 0 Å². The second kappa shape index (κ2) is 7.58. The molecule has 0 fully saturated rings. The van der Waals surface area contributed by atoms with Gasteiger partial charge in [0.1, 0.15) is 4.90 Å². The first-order valence-corrected chi connectivity index (χ1v) is 9.03. The Kier molecular flexibility index (Phi) is 6.66. The molecule has 21 heavy (non-hydrogen) atoms. The lowest BCUT2D eigenvalue weighted by molar-refractivity contribution is 0.289. The maximum absolute atomic E-state index is 12.4. The van der Waals surface area contributed by atoms with E-state index in [1.165, 1.54) is 6.07 Å². The van der Waals surface area contributed by atoms with Crippen LogP contribution in [0.1, 0.15) is 33.3 Å². The van der Waals surface area contributed by atoms with Gasteiger partial charge in [0.15, 0.2) is 0 Å². The zero-order valence-corrected chi connectivity index (χ0v) is 14.6. The molecular formula is C15H25ClN2O2S. The standard InChI is InChI=1S/C15H25ClN2O2S/c1-10(2)13(11(3)4)9-18-21(19,20)15-6-5-12(8-17)7-14(15)16/h5-7,10-11,13,18H,8-9,17H2,1-4H3. The van der Waals surface area contributed by atoms with E-state index >= 15 is 0 Å². The molecule has 0 aliphatic rings. The molecule has 0 aliphatic heterocycles. The average Bonchev–Trinajstić information content (AvgIpc) is 2.37. The number of hydrogen-bond acceptors (Lipinski definition) is 3. The van der Waals surface area contributed by atoms with Gasteiger partial charge >= 0.3 is 0 Å². The number of hydrogen-bond donors (Lipinski definition) is 2. The zero-order valence-electron chi connectivity index (χ0n) is 13.1. The van der Waals surface area contributed by atoms with E-state index in [1.54, 1.807) is 12.1 Å². The minimum Gasteiger partial charge on any atom is -0.326 e. The van der Waals surface area contributed by atoms with E-state index in [2.05, 4.69) is 32.4 Å². The largest absolute Gasteiger partial charge is 0.326 e. The van der Waals surface area contributed by atoms with Crippen molar-refractivity contribution in [1.29, 1.82) is 0 Å². The first kappa shape index (κ1) is 18.4. The molecule has 3 N–H and O–H groups in total. The van der Waals surface area contributed by atoms with Gasteiger partial charge in [-0.3, -0.25) is 0 Å². The molecule has 0 spiro atoms. The number of nitrogens with one attached hydrogen (secondary N) is 1. The highest BCUT2D eigenvalue weighted by atomic mass is 35.5. The van der Waals surface area contributed by atoms with Crippen LogP contribution in [0.3, 0.4) is 0 Å². The molecule has 1 aromatic carbocycles. The Morgan fingerprint density at radius 3 is 2.19 bits per heavy atom. The molecule has 0 aliphatic carbocycles. The smallest absolute Gasteiger partial charge is 0.242 e. The van der Waals surface area contributed by atoms with Crippen LogP contribution in [0.15, 0.2) is 23.1 Å². The van der Waals surface area contributed by atoms with Crippen molar-refractivity contribution in [3.63, 3.8) is 0 Å². The van der Waals surface area contributed by atoms with Gasteiger partial charge in [0.2, 0.25) is 10.0 Å². The lowest BCUT2D eigenvalue weighted by Crippen LogP contribution is -2.34. The van der Waals surface area contributed by atoms with Gasteiger partial charge in [-0.15, -0.1) is 0 Å². The summed E-state index contributed by atoms with van der Waals surface area (Å²) in [5.74, 6) is 1.09. The van der Waals surface area contributed by atoms with Crippen LogP contribution in [0, 0.1) is 17.8 Å². The fraction of sp³-hybridized carbons (Fsp3) is 0.600. The predicted molar refractivity (Wildman–Crippen MR) is 87.7 cm³/mol. The third kappa shape index (κ3) is 4.95. The van der Waals surface area contributed by atoms with Crippen molar-refractivity contribution >= 4 is 21.6 Å². The molecule has 0 saturated carbocycles. The average molecular weight is 333 g/mol. The van der Waals surface area contributed by atoms with E-state index in [9.17, 15) is 8.42 Å². The van der Waals surface area contributed by atoms with E-state index in [1.807, 2.05) is 0 Å². The van der Waals surface area contributed by atoms with Crippen LogP contribution < -0.4 is 10.5 Å². The first-order chi connectivity index (χ1) is 9.69. The van der Waals surface area contributed by atoms with Crippen LogP contribution in [0.2, 0.25) is 5.02 Å². The summed E-state index contributed by atoms with van der Waals surface area (Å²) in [7, 11) is -3.60. The summed E-state index contributed by atoms with van der Waals surface area (Å²) in [6.45, 7) is 9.14. The van der Waals surface area contributed by atoms with E-state index in [-0.39, 0.29) is 15.8 Å². The van der Waals surface area contributed by atoms with Crippen molar-refractivity contribution in [1.82, 2.24) is 4.72 Å². The third-order valence-corrected chi connectivity index (χ3v) is 5.65. The monoisotopic (exact) mass is 332 g/mol. The van der Waals surface area contributed by atoms with Crippen LogP contribution in [0.5, 0.6) is 0 Å². The quantitative estimate of drug-likeness (QED) is 0.806. The molecule has 0 atom stereocenters. The van der Waals surface area contributed by atoms with Gasteiger partial charge in [-0.05, 0) is 35.4 Å². The lowest BCUT2D eigenvalue weighted by atomic mass is 9.86. The van der Waals surface area contributed by atoms with Gasteiger partial charge < -0.3 is 5.73 Å². The first-order valence-electron chi connectivity index (χ1n) is 7.17. The van der Waals surface area contributed by atoms with Gasteiger partial charge in [-0.1, -0.05) is 45.4 Å². The van der Waals surface area contributed by atoms with Crippen LogP contribution >= 0.6 is 11.6 Å². The third-order valence-electron chi connectivity index (χ3n) is 3.74. The highest BCUT2D eigenvalue weighted by Crippen LogP contribution is 2.24. The Hall–Kier alpha value is -0.620. The van der Waals surface area contributed by atoms with Gasteiger partial charge in [0.05, 0.1) is 5.02 Å². The summed E-state index contributed by atoms with van der Waals surface area (Å²) in [4.78, 5) is 0.104. The van der Waals surface area contributed by atoms with Crippen LogP contribution in [-0.4, -0.2) is 15.0 Å². The molecule has 1 aromatic rings. The van der Waals surface area contributed by atoms with E-state index in [0.717, 1.165) is 5.56 Å². The van der Waals surface area contributed by atoms with Crippen molar-refractivity contribution in [3.05, 3.63) is 28.8 Å². The van der Waals surface area contributed by atoms with E-state index in [0.29, 0.717) is 24.9 Å².